The van der Waals surface area contributed by atoms with Gasteiger partial charge in [0.25, 0.3) is 0 Å². The van der Waals surface area contributed by atoms with Crippen LogP contribution in [0.3, 0.4) is 0 Å². The van der Waals surface area contributed by atoms with E-state index in [9.17, 15) is 0 Å². The number of hydrogen-bond donors (Lipinski definition) is 0. The number of aromatic nitrogens is 2. The van der Waals surface area contributed by atoms with Crippen LogP contribution in [-0.4, -0.2) is 40.2 Å². The molecular weight excluding hydrogens is 344 g/mol. The van der Waals surface area contributed by atoms with E-state index in [0.29, 0.717) is 6.04 Å². The highest BCUT2D eigenvalue weighted by atomic mass is 15.3. The smallest absolute Gasteiger partial charge is 0.0968 e. The van der Waals surface area contributed by atoms with Crippen molar-refractivity contribution in [1.82, 2.24) is 19.6 Å². The van der Waals surface area contributed by atoms with E-state index >= 15 is 0 Å². The Balaban J connectivity index is 1.54. The molecule has 4 rings (SSSR count). The molecule has 0 radical (unpaired) electrons. The Morgan fingerprint density at radius 3 is 2.50 bits per heavy atom. The fourth-order valence-corrected chi connectivity index (χ4v) is 4.31. The minimum absolute atomic E-state index is 0.497. The zero-order chi connectivity index (χ0) is 19.5. The minimum Gasteiger partial charge on any atom is -0.305 e. The van der Waals surface area contributed by atoms with Gasteiger partial charge in [0.2, 0.25) is 0 Å². The summed E-state index contributed by atoms with van der Waals surface area (Å²) in [6.45, 7) is 3.08. The van der Waals surface area contributed by atoms with Gasteiger partial charge in [0.05, 0.1) is 5.69 Å². The van der Waals surface area contributed by atoms with Gasteiger partial charge >= 0.3 is 0 Å². The normalized spacial score (nSPS) is 17.5. The molecule has 28 heavy (non-hydrogen) atoms. The summed E-state index contributed by atoms with van der Waals surface area (Å²) in [4.78, 5) is 4.83. The van der Waals surface area contributed by atoms with E-state index in [1.54, 1.807) is 0 Å². The maximum absolute atomic E-state index is 4.75. The second kappa shape index (κ2) is 8.29. The highest BCUT2D eigenvalue weighted by molar-refractivity contribution is 5.62. The summed E-state index contributed by atoms with van der Waals surface area (Å²) in [6, 6.07) is 20.2. The van der Waals surface area contributed by atoms with Gasteiger partial charge in [-0.1, -0.05) is 54.6 Å². The topological polar surface area (TPSA) is 24.3 Å². The van der Waals surface area contributed by atoms with Crippen LogP contribution in [0.2, 0.25) is 0 Å². The number of hydrogen-bond acceptors (Lipinski definition) is 3. The zero-order valence-electron chi connectivity index (χ0n) is 17.2. The fourth-order valence-electron chi connectivity index (χ4n) is 4.31. The molecule has 1 fully saturated rings. The van der Waals surface area contributed by atoms with Crippen LogP contribution in [0.4, 0.5) is 0 Å². The summed E-state index contributed by atoms with van der Waals surface area (Å²) < 4.78 is 1.94. The van der Waals surface area contributed by atoms with Crippen LogP contribution >= 0.6 is 0 Å². The average Bonchev–Trinajstić information content (AvgIpc) is 3.29. The summed E-state index contributed by atoms with van der Waals surface area (Å²) in [6.07, 6.45) is 4.66. The number of nitrogens with zero attached hydrogens (tertiary/aromatic N) is 4. The van der Waals surface area contributed by atoms with E-state index in [1.807, 2.05) is 11.7 Å². The van der Waals surface area contributed by atoms with Crippen LogP contribution < -0.4 is 0 Å². The lowest BCUT2D eigenvalue weighted by molar-refractivity contribution is 0.248. The van der Waals surface area contributed by atoms with Crippen molar-refractivity contribution in [3.05, 3.63) is 77.5 Å². The van der Waals surface area contributed by atoms with E-state index in [2.05, 4.69) is 84.7 Å². The lowest BCUT2D eigenvalue weighted by Gasteiger charge is -2.25. The maximum atomic E-state index is 4.75. The fraction of sp³-hybridized carbons (Fsp3) is 0.375. The monoisotopic (exact) mass is 374 g/mol. The lowest BCUT2D eigenvalue weighted by Crippen LogP contribution is -2.23. The first-order valence-electron chi connectivity index (χ1n) is 10.2. The van der Waals surface area contributed by atoms with Crippen molar-refractivity contribution in [3.8, 4) is 11.3 Å². The van der Waals surface area contributed by atoms with Crippen LogP contribution in [0.5, 0.6) is 0 Å². The Morgan fingerprint density at radius 1 is 1.04 bits per heavy atom. The van der Waals surface area contributed by atoms with Crippen molar-refractivity contribution >= 4 is 0 Å². The third-order valence-electron chi connectivity index (χ3n) is 5.55. The Bertz CT molecular complexity index is 896. The van der Waals surface area contributed by atoms with Crippen molar-refractivity contribution in [3.63, 3.8) is 0 Å². The van der Waals surface area contributed by atoms with Gasteiger partial charge in [-0.3, -0.25) is 9.58 Å². The summed E-state index contributed by atoms with van der Waals surface area (Å²) in [5.74, 6) is 0. The van der Waals surface area contributed by atoms with Crippen LogP contribution in [0, 0.1) is 0 Å². The number of benzene rings is 2. The first-order chi connectivity index (χ1) is 13.6. The van der Waals surface area contributed by atoms with E-state index in [0.717, 1.165) is 25.3 Å². The number of aryl methyl sites for hydroxylation is 1. The Hall–Kier alpha value is -2.43. The first-order valence-corrected chi connectivity index (χ1v) is 10.2. The van der Waals surface area contributed by atoms with Crippen LogP contribution in [0.1, 0.15) is 35.6 Å². The molecule has 1 aromatic heterocycles. The standard InChI is InChI=1S/C24H30N4/c1-26(2)16-19-11-13-20(14-12-19)23-10-7-15-28(23)18-22-17-27(3)25-24(22)21-8-5-4-6-9-21/h4-6,8-9,11-14,17,23H,7,10,15-16,18H2,1-3H3. The van der Waals surface area contributed by atoms with Gasteiger partial charge in [0, 0.05) is 43.5 Å². The van der Waals surface area contributed by atoms with E-state index in [-0.39, 0.29) is 0 Å². The molecule has 0 aliphatic carbocycles. The highest BCUT2D eigenvalue weighted by Gasteiger charge is 2.27. The van der Waals surface area contributed by atoms with Crippen molar-refractivity contribution in [2.75, 3.05) is 20.6 Å². The molecule has 1 saturated heterocycles. The van der Waals surface area contributed by atoms with Gasteiger partial charge in [0.15, 0.2) is 0 Å². The van der Waals surface area contributed by atoms with Gasteiger partial charge in [-0.05, 0) is 44.6 Å². The largest absolute Gasteiger partial charge is 0.305 e. The summed E-state index contributed by atoms with van der Waals surface area (Å²) >= 11 is 0. The summed E-state index contributed by atoms with van der Waals surface area (Å²) in [7, 11) is 6.25. The average molecular weight is 375 g/mol. The van der Waals surface area contributed by atoms with Crippen molar-refractivity contribution in [1.29, 1.82) is 0 Å². The molecule has 3 aromatic rings. The van der Waals surface area contributed by atoms with Crippen molar-refractivity contribution < 1.29 is 0 Å². The first kappa shape index (κ1) is 18.9. The molecule has 2 aromatic carbocycles. The van der Waals surface area contributed by atoms with E-state index in [1.165, 1.54) is 35.1 Å². The van der Waals surface area contributed by atoms with Gasteiger partial charge in [-0.15, -0.1) is 0 Å². The van der Waals surface area contributed by atoms with Gasteiger partial charge < -0.3 is 4.90 Å². The molecule has 0 spiro atoms. The maximum Gasteiger partial charge on any atom is 0.0968 e. The molecule has 2 heterocycles. The SMILES string of the molecule is CN(C)Cc1ccc(C2CCCN2Cc2cn(C)nc2-c2ccccc2)cc1. The molecule has 146 valence electrons. The quantitative estimate of drug-likeness (QED) is 0.635. The van der Waals surface area contributed by atoms with Gasteiger partial charge in [0.1, 0.15) is 0 Å². The van der Waals surface area contributed by atoms with Crippen LogP contribution in [-0.2, 0) is 20.1 Å². The molecule has 0 amide bonds. The molecule has 4 nitrogen and oxygen atoms in total. The van der Waals surface area contributed by atoms with E-state index in [4.69, 9.17) is 5.10 Å². The predicted octanol–water partition coefficient (Wildman–Crippen LogP) is 4.49. The van der Waals surface area contributed by atoms with Gasteiger partial charge in [-0.2, -0.15) is 5.10 Å². The van der Waals surface area contributed by atoms with Crippen molar-refractivity contribution in [2.45, 2.75) is 32.0 Å². The Kier molecular flexibility index (Phi) is 5.60. The third kappa shape index (κ3) is 4.18. The minimum atomic E-state index is 0.497. The molecular formula is C24H30N4. The molecule has 1 unspecified atom stereocenters. The zero-order valence-corrected chi connectivity index (χ0v) is 17.2. The second-order valence-electron chi connectivity index (χ2n) is 8.15. The number of likely N-dealkylation sites (tertiary alicyclic amines) is 1. The summed E-state index contributed by atoms with van der Waals surface area (Å²) in [5.41, 5.74) is 6.42. The molecule has 1 aliphatic heterocycles. The van der Waals surface area contributed by atoms with Gasteiger partial charge in [-0.25, -0.2) is 0 Å². The molecule has 0 N–H and O–H groups in total. The number of rotatable bonds is 6. The molecule has 0 bridgehead atoms. The lowest BCUT2D eigenvalue weighted by atomic mass is 10.0. The third-order valence-corrected chi connectivity index (χ3v) is 5.55. The van der Waals surface area contributed by atoms with Crippen LogP contribution in [0.15, 0.2) is 60.8 Å². The predicted molar refractivity (Wildman–Crippen MR) is 115 cm³/mol. The molecule has 0 saturated carbocycles. The Morgan fingerprint density at radius 2 is 1.79 bits per heavy atom. The van der Waals surface area contributed by atoms with E-state index < -0.39 is 0 Å². The molecule has 1 aliphatic rings. The van der Waals surface area contributed by atoms with Crippen LogP contribution in [0.25, 0.3) is 11.3 Å². The summed E-state index contributed by atoms with van der Waals surface area (Å²) in [5, 5.41) is 4.75. The molecule has 4 heteroatoms. The van der Waals surface area contributed by atoms with Crippen molar-refractivity contribution in [2.24, 2.45) is 7.05 Å². The highest BCUT2D eigenvalue weighted by Crippen LogP contribution is 2.34. The Labute approximate surface area is 168 Å². The molecule has 1 atom stereocenters. The second-order valence-corrected chi connectivity index (χ2v) is 8.15.